The first-order valence-electron chi connectivity index (χ1n) is 5.35. The van der Waals surface area contributed by atoms with Crippen molar-refractivity contribution in [3.63, 3.8) is 0 Å². The third-order valence-electron chi connectivity index (χ3n) is 2.30. The van der Waals surface area contributed by atoms with Crippen molar-refractivity contribution in [3.05, 3.63) is 28.3 Å². The summed E-state index contributed by atoms with van der Waals surface area (Å²) < 4.78 is 26.0. The van der Waals surface area contributed by atoms with Crippen molar-refractivity contribution in [2.75, 3.05) is 12.3 Å². The number of hydrogen-bond acceptors (Lipinski definition) is 5. The summed E-state index contributed by atoms with van der Waals surface area (Å²) in [5.74, 6) is 2.38. The smallest absolute Gasteiger partial charge is 0.293 e. The summed E-state index contributed by atoms with van der Waals surface area (Å²) in [5, 5.41) is 10.7. The van der Waals surface area contributed by atoms with E-state index in [9.17, 15) is 18.5 Å². The number of sulfonamides is 1. The predicted octanol–water partition coefficient (Wildman–Crippen LogP) is 0.869. The molecule has 1 rings (SSSR count). The number of nitrogens with zero attached hydrogens (tertiary/aromatic N) is 1. The Bertz CT molecular complexity index is 619. The van der Waals surface area contributed by atoms with E-state index in [0.717, 1.165) is 6.07 Å². The lowest BCUT2D eigenvalue weighted by Gasteiger charge is -2.06. The number of nitrogen functional groups attached to an aromatic ring is 1. The Morgan fingerprint density at radius 2 is 2.16 bits per heavy atom. The standard InChI is InChI=1S/C11H13N3O4S/c1-2-3-4-7-13-19(17,18)9-5-6-10(12)11(8-9)14(15)16/h1,5-6,8,13H,3-4,7,12H2. The normalized spacial score (nSPS) is 10.9. The van der Waals surface area contributed by atoms with Crippen LogP contribution in [0.4, 0.5) is 11.4 Å². The third-order valence-corrected chi connectivity index (χ3v) is 3.76. The number of terminal acetylenes is 1. The summed E-state index contributed by atoms with van der Waals surface area (Å²) in [7, 11) is -3.79. The predicted molar refractivity (Wildman–Crippen MR) is 70.8 cm³/mol. The molecule has 0 aliphatic carbocycles. The van der Waals surface area contributed by atoms with Crippen molar-refractivity contribution in [2.24, 2.45) is 0 Å². The highest BCUT2D eigenvalue weighted by Gasteiger charge is 2.19. The Kier molecular flexibility index (Phi) is 4.86. The Balaban J connectivity index is 2.93. The molecule has 0 saturated carbocycles. The van der Waals surface area contributed by atoms with Gasteiger partial charge in [-0.25, -0.2) is 13.1 Å². The van der Waals surface area contributed by atoms with E-state index in [1.807, 2.05) is 0 Å². The molecular weight excluding hydrogens is 270 g/mol. The number of benzene rings is 1. The first-order chi connectivity index (χ1) is 8.88. The van der Waals surface area contributed by atoms with Crippen LogP contribution in [0.1, 0.15) is 12.8 Å². The second-order valence-corrected chi connectivity index (χ2v) is 5.45. The number of anilines is 1. The molecule has 8 heteroatoms. The topological polar surface area (TPSA) is 115 Å². The van der Waals surface area contributed by atoms with E-state index in [4.69, 9.17) is 12.2 Å². The summed E-state index contributed by atoms with van der Waals surface area (Å²) in [6, 6.07) is 3.33. The number of nitrogens with two attached hydrogens (primary N) is 1. The quantitative estimate of drug-likeness (QED) is 0.264. The van der Waals surface area contributed by atoms with Gasteiger partial charge in [-0.05, 0) is 18.6 Å². The third kappa shape index (κ3) is 3.94. The van der Waals surface area contributed by atoms with E-state index in [1.165, 1.54) is 12.1 Å². The van der Waals surface area contributed by atoms with Gasteiger partial charge in [-0.15, -0.1) is 12.3 Å². The zero-order valence-electron chi connectivity index (χ0n) is 10.00. The van der Waals surface area contributed by atoms with E-state index in [0.29, 0.717) is 12.8 Å². The minimum absolute atomic E-state index is 0.0868. The van der Waals surface area contributed by atoms with Crippen LogP contribution in [0.2, 0.25) is 0 Å². The number of nitro benzene ring substituents is 1. The largest absolute Gasteiger partial charge is 0.393 e. The molecule has 0 amide bonds. The fraction of sp³-hybridized carbons (Fsp3) is 0.273. The van der Waals surface area contributed by atoms with Crippen LogP contribution in [0.15, 0.2) is 23.1 Å². The van der Waals surface area contributed by atoms with Crippen LogP contribution in [0.25, 0.3) is 0 Å². The van der Waals surface area contributed by atoms with Gasteiger partial charge in [0.15, 0.2) is 0 Å². The molecule has 0 unspecified atom stereocenters. The number of nitrogens with one attached hydrogen (secondary N) is 1. The van der Waals surface area contributed by atoms with E-state index < -0.39 is 20.6 Å². The van der Waals surface area contributed by atoms with Crippen LogP contribution in [0.3, 0.4) is 0 Å². The van der Waals surface area contributed by atoms with E-state index in [2.05, 4.69) is 10.6 Å². The molecule has 0 spiro atoms. The minimum atomic E-state index is -3.79. The summed E-state index contributed by atoms with van der Waals surface area (Å²) in [6.07, 6.45) is 5.98. The monoisotopic (exact) mass is 283 g/mol. The zero-order valence-corrected chi connectivity index (χ0v) is 10.8. The fourth-order valence-electron chi connectivity index (χ4n) is 1.33. The van der Waals surface area contributed by atoms with Gasteiger partial charge in [0.2, 0.25) is 10.0 Å². The summed E-state index contributed by atoms with van der Waals surface area (Å²) in [6.45, 7) is 0.171. The van der Waals surface area contributed by atoms with Gasteiger partial charge in [0.05, 0.1) is 9.82 Å². The second-order valence-electron chi connectivity index (χ2n) is 3.68. The van der Waals surface area contributed by atoms with Crippen LogP contribution in [0, 0.1) is 22.5 Å². The lowest BCUT2D eigenvalue weighted by atomic mass is 10.3. The molecule has 0 heterocycles. The van der Waals surface area contributed by atoms with E-state index >= 15 is 0 Å². The molecule has 0 saturated heterocycles. The van der Waals surface area contributed by atoms with Crippen molar-refractivity contribution in [1.29, 1.82) is 0 Å². The van der Waals surface area contributed by atoms with Crippen LogP contribution in [-0.2, 0) is 10.0 Å². The molecule has 0 bridgehead atoms. The molecule has 0 aliphatic rings. The summed E-state index contributed by atoms with van der Waals surface area (Å²) in [4.78, 5) is 9.76. The molecule has 3 N–H and O–H groups in total. The van der Waals surface area contributed by atoms with Gasteiger partial charge in [-0.3, -0.25) is 10.1 Å². The lowest BCUT2D eigenvalue weighted by molar-refractivity contribution is -0.384. The molecule has 102 valence electrons. The van der Waals surface area contributed by atoms with Gasteiger partial charge >= 0.3 is 0 Å². The molecule has 0 aromatic heterocycles. The maximum atomic E-state index is 11.9. The van der Waals surface area contributed by atoms with Crippen molar-refractivity contribution in [1.82, 2.24) is 4.72 Å². The minimum Gasteiger partial charge on any atom is -0.393 e. The van der Waals surface area contributed by atoms with Gasteiger partial charge < -0.3 is 5.73 Å². The Hall–Kier alpha value is -2.11. The Labute approximate surface area is 111 Å². The van der Waals surface area contributed by atoms with Gasteiger partial charge in [0.1, 0.15) is 5.69 Å². The number of unbranched alkanes of at least 4 members (excludes halogenated alkanes) is 1. The average molecular weight is 283 g/mol. The lowest BCUT2D eigenvalue weighted by Crippen LogP contribution is -2.24. The van der Waals surface area contributed by atoms with Gasteiger partial charge in [0, 0.05) is 19.0 Å². The first-order valence-corrected chi connectivity index (χ1v) is 6.84. The van der Waals surface area contributed by atoms with Crippen LogP contribution >= 0.6 is 0 Å². The van der Waals surface area contributed by atoms with Gasteiger partial charge in [-0.1, -0.05) is 0 Å². The highest BCUT2D eigenvalue weighted by atomic mass is 32.2. The molecule has 0 radical (unpaired) electrons. The Morgan fingerprint density at radius 3 is 2.74 bits per heavy atom. The number of rotatable bonds is 6. The average Bonchev–Trinajstić information content (AvgIpc) is 2.34. The van der Waals surface area contributed by atoms with Crippen LogP contribution < -0.4 is 10.5 Å². The molecule has 0 aliphatic heterocycles. The van der Waals surface area contributed by atoms with Crippen molar-refractivity contribution < 1.29 is 13.3 Å². The van der Waals surface area contributed by atoms with Crippen molar-refractivity contribution in [3.8, 4) is 12.3 Å². The highest BCUT2D eigenvalue weighted by Crippen LogP contribution is 2.24. The summed E-state index contributed by atoms with van der Waals surface area (Å²) >= 11 is 0. The molecule has 1 aromatic carbocycles. The fourth-order valence-corrected chi connectivity index (χ4v) is 2.42. The molecule has 7 nitrogen and oxygen atoms in total. The molecule has 19 heavy (non-hydrogen) atoms. The molecule has 1 aromatic rings. The maximum absolute atomic E-state index is 11.9. The number of nitro groups is 1. The zero-order chi connectivity index (χ0) is 14.5. The van der Waals surface area contributed by atoms with Crippen LogP contribution in [0.5, 0.6) is 0 Å². The van der Waals surface area contributed by atoms with Crippen molar-refractivity contribution >= 4 is 21.4 Å². The molecule has 0 fully saturated rings. The van der Waals surface area contributed by atoms with E-state index in [-0.39, 0.29) is 17.1 Å². The Morgan fingerprint density at radius 1 is 1.47 bits per heavy atom. The first kappa shape index (κ1) is 14.9. The number of hydrogen-bond donors (Lipinski definition) is 2. The SMILES string of the molecule is C#CCCCNS(=O)(=O)c1ccc(N)c([N+](=O)[O-])c1. The van der Waals surface area contributed by atoms with E-state index in [1.54, 1.807) is 0 Å². The van der Waals surface area contributed by atoms with Gasteiger partial charge in [0.25, 0.3) is 5.69 Å². The highest BCUT2D eigenvalue weighted by molar-refractivity contribution is 7.89. The summed E-state index contributed by atoms with van der Waals surface area (Å²) in [5.41, 5.74) is 4.87. The second kappa shape index (κ2) is 6.17. The molecular formula is C11H13N3O4S. The van der Waals surface area contributed by atoms with Crippen molar-refractivity contribution in [2.45, 2.75) is 17.7 Å². The maximum Gasteiger partial charge on any atom is 0.293 e. The van der Waals surface area contributed by atoms with Crippen LogP contribution in [-0.4, -0.2) is 19.9 Å². The molecule has 0 atom stereocenters. The van der Waals surface area contributed by atoms with Gasteiger partial charge in [-0.2, -0.15) is 0 Å².